The highest BCUT2D eigenvalue weighted by atomic mass is 35.5. The minimum atomic E-state index is -0.309. The fraction of sp³-hybridized carbons (Fsp3) is 0.0833. The normalized spacial score (nSPS) is 11.0. The largest absolute Gasteiger partial charge is 0.483 e. The van der Waals surface area contributed by atoms with E-state index in [2.05, 4.69) is 11.4 Å². The Hall–Kier alpha value is -2.97. The van der Waals surface area contributed by atoms with E-state index in [0.29, 0.717) is 43.2 Å². The summed E-state index contributed by atoms with van der Waals surface area (Å²) in [5.74, 6) is 0.0957. The molecule has 7 heteroatoms. The predicted octanol–water partition coefficient (Wildman–Crippen LogP) is 7.04. The van der Waals surface area contributed by atoms with Gasteiger partial charge in [0.1, 0.15) is 5.75 Å². The first-order chi connectivity index (χ1) is 14.9. The van der Waals surface area contributed by atoms with Gasteiger partial charge in [-0.1, -0.05) is 53.0 Å². The van der Waals surface area contributed by atoms with Crippen LogP contribution in [-0.2, 0) is 4.79 Å². The van der Waals surface area contributed by atoms with E-state index in [-0.39, 0.29) is 12.5 Å². The van der Waals surface area contributed by atoms with Crippen LogP contribution in [-0.4, -0.2) is 12.5 Å². The summed E-state index contributed by atoms with van der Waals surface area (Å²) >= 11 is 18.3. The molecule has 0 bridgehead atoms. The maximum atomic E-state index is 12.3. The fourth-order valence-electron chi connectivity index (χ4n) is 2.86. The molecule has 0 aromatic heterocycles. The topological polar surface area (TPSA) is 62.1 Å². The third-order valence-electron chi connectivity index (χ3n) is 4.27. The van der Waals surface area contributed by atoms with E-state index >= 15 is 0 Å². The van der Waals surface area contributed by atoms with Crippen molar-refractivity contribution in [3.05, 3.63) is 92.4 Å². The molecular weight excluding hydrogens is 455 g/mol. The van der Waals surface area contributed by atoms with Crippen molar-refractivity contribution in [1.29, 1.82) is 5.26 Å². The average molecular weight is 472 g/mol. The lowest BCUT2D eigenvalue weighted by molar-refractivity contribution is -0.118. The van der Waals surface area contributed by atoms with E-state index in [9.17, 15) is 10.1 Å². The van der Waals surface area contributed by atoms with Crippen LogP contribution in [0.4, 0.5) is 5.69 Å². The second-order valence-electron chi connectivity index (χ2n) is 6.68. The number of anilines is 1. The summed E-state index contributed by atoms with van der Waals surface area (Å²) < 4.78 is 5.71. The summed E-state index contributed by atoms with van der Waals surface area (Å²) in [6.07, 6.45) is 1.61. The van der Waals surface area contributed by atoms with E-state index in [1.54, 1.807) is 48.5 Å². The third kappa shape index (κ3) is 6.26. The highest BCUT2D eigenvalue weighted by Crippen LogP contribution is 2.31. The average Bonchev–Trinajstić information content (AvgIpc) is 2.72. The molecule has 0 spiro atoms. The molecule has 0 aliphatic rings. The van der Waals surface area contributed by atoms with Gasteiger partial charge in [0.15, 0.2) is 6.61 Å². The lowest BCUT2D eigenvalue weighted by Gasteiger charge is -2.11. The predicted molar refractivity (Wildman–Crippen MR) is 127 cm³/mol. The molecule has 0 saturated carbocycles. The van der Waals surface area contributed by atoms with Gasteiger partial charge in [0.05, 0.1) is 16.7 Å². The van der Waals surface area contributed by atoms with Gasteiger partial charge in [0.25, 0.3) is 5.91 Å². The number of carbonyl (C=O) groups excluding carboxylic acids is 1. The lowest BCUT2D eigenvalue weighted by atomic mass is 10.0. The number of aryl methyl sites for hydroxylation is 1. The monoisotopic (exact) mass is 470 g/mol. The van der Waals surface area contributed by atoms with Crippen LogP contribution in [0.25, 0.3) is 11.6 Å². The van der Waals surface area contributed by atoms with Crippen LogP contribution < -0.4 is 10.1 Å². The Morgan fingerprint density at radius 2 is 1.81 bits per heavy atom. The van der Waals surface area contributed by atoms with Crippen LogP contribution >= 0.6 is 34.8 Å². The number of nitrogens with one attached hydrogen (secondary N) is 1. The fourth-order valence-corrected chi connectivity index (χ4v) is 3.55. The molecular formula is C24H17Cl3N2O2. The number of ether oxygens (including phenoxy) is 1. The second-order valence-corrected chi connectivity index (χ2v) is 7.96. The molecule has 0 heterocycles. The summed E-state index contributed by atoms with van der Waals surface area (Å²) in [5.41, 5.74) is 3.09. The number of benzene rings is 3. The number of amides is 1. The Balaban J connectivity index is 1.82. The number of halogens is 3. The van der Waals surface area contributed by atoms with Gasteiger partial charge >= 0.3 is 0 Å². The van der Waals surface area contributed by atoms with Gasteiger partial charge in [0.2, 0.25) is 0 Å². The number of rotatable bonds is 6. The molecule has 0 aliphatic heterocycles. The summed E-state index contributed by atoms with van der Waals surface area (Å²) in [4.78, 5) is 12.3. The van der Waals surface area contributed by atoms with Gasteiger partial charge in [-0.15, -0.1) is 0 Å². The molecule has 31 heavy (non-hydrogen) atoms. The zero-order valence-corrected chi connectivity index (χ0v) is 18.7. The molecule has 3 aromatic rings. The zero-order valence-electron chi connectivity index (χ0n) is 16.5. The van der Waals surface area contributed by atoms with Crippen molar-refractivity contribution in [3.63, 3.8) is 0 Å². The van der Waals surface area contributed by atoms with E-state index in [1.807, 2.05) is 25.1 Å². The molecule has 4 nitrogen and oxygen atoms in total. The molecule has 0 radical (unpaired) electrons. The minimum Gasteiger partial charge on any atom is -0.483 e. The van der Waals surface area contributed by atoms with Gasteiger partial charge < -0.3 is 10.1 Å². The molecule has 3 aromatic carbocycles. The van der Waals surface area contributed by atoms with Crippen LogP contribution in [0.5, 0.6) is 5.75 Å². The molecule has 1 N–H and O–H groups in total. The van der Waals surface area contributed by atoms with E-state index in [0.717, 1.165) is 5.56 Å². The van der Waals surface area contributed by atoms with Crippen LogP contribution in [0, 0.1) is 18.3 Å². The minimum absolute atomic E-state index is 0.208. The van der Waals surface area contributed by atoms with Gasteiger partial charge in [-0.05, 0) is 61.0 Å². The summed E-state index contributed by atoms with van der Waals surface area (Å²) in [6.45, 7) is 1.73. The Morgan fingerprint density at radius 1 is 1.06 bits per heavy atom. The first-order valence-electron chi connectivity index (χ1n) is 9.22. The molecule has 0 saturated heterocycles. The molecule has 3 rings (SSSR count). The van der Waals surface area contributed by atoms with E-state index in [1.165, 1.54) is 0 Å². The maximum absolute atomic E-state index is 12.3. The highest BCUT2D eigenvalue weighted by Gasteiger charge is 2.11. The standard InChI is InChI=1S/C24H17Cl3N2O2/c1-15-3-2-4-20(9-15)29-24(30)14-31-23-8-6-18(25)11-16(23)10-17(13-28)21-7-5-19(26)12-22(21)27/h2-12H,14H2,1H3,(H,29,30)/b17-10+. The second kappa shape index (κ2) is 10.4. The summed E-state index contributed by atoms with van der Waals surface area (Å²) in [5, 5.41) is 13.7. The Bertz CT molecular complexity index is 1200. The first kappa shape index (κ1) is 22.7. The number of carbonyl (C=O) groups is 1. The molecule has 1 amide bonds. The van der Waals surface area contributed by atoms with Crippen LogP contribution in [0.3, 0.4) is 0 Å². The highest BCUT2D eigenvalue weighted by molar-refractivity contribution is 6.36. The molecule has 0 aliphatic carbocycles. The maximum Gasteiger partial charge on any atom is 0.262 e. The number of nitriles is 1. The molecule has 0 fully saturated rings. The van der Waals surface area contributed by atoms with Crippen LogP contribution in [0.1, 0.15) is 16.7 Å². The Kier molecular flexibility index (Phi) is 7.59. The van der Waals surface area contributed by atoms with Gasteiger partial charge in [-0.3, -0.25) is 4.79 Å². The SMILES string of the molecule is Cc1cccc(NC(=O)COc2ccc(Cl)cc2/C=C(\C#N)c2ccc(Cl)cc2Cl)c1. The van der Waals surface area contributed by atoms with Gasteiger partial charge in [0, 0.05) is 26.9 Å². The number of hydrogen-bond acceptors (Lipinski definition) is 3. The van der Waals surface area contributed by atoms with Gasteiger partial charge in [-0.2, -0.15) is 5.26 Å². The van der Waals surface area contributed by atoms with Crippen molar-refractivity contribution in [2.45, 2.75) is 6.92 Å². The Morgan fingerprint density at radius 3 is 2.52 bits per heavy atom. The van der Waals surface area contributed by atoms with E-state index < -0.39 is 0 Å². The smallest absolute Gasteiger partial charge is 0.262 e. The Labute approximate surface area is 195 Å². The molecule has 0 atom stereocenters. The molecule has 0 unspecified atom stereocenters. The first-order valence-corrected chi connectivity index (χ1v) is 10.3. The number of allylic oxidation sites excluding steroid dienone is 1. The van der Waals surface area contributed by atoms with Crippen molar-refractivity contribution < 1.29 is 9.53 Å². The number of nitrogens with zero attached hydrogens (tertiary/aromatic N) is 1. The van der Waals surface area contributed by atoms with Crippen molar-refractivity contribution >= 4 is 58.0 Å². The van der Waals surface area contributed by atoms with Crippen molar-refractivity contribution in [1.82, 2.24) is 0 Å². The summed E-state index contributed by atoms with van der Waals surface area (Å²) in [6, 6.07) is 19.4. The van der Waals surface area contributed by atoms with Crippen molar-refractivity contribution in [2.75, 3.05) is 11.9 Å². The summed E-state index contributed by atoms with van der Waals surface area (Å²) in [7, 11) is 0. The van der Waals surface area contributed by atoms with Crippen molar-refractivity contribution in [3.8, 4) is 11.8 Å². The molecule has 156 valence electrons. The zero-order chi connectivity index (χ0) is 22.4. The lowest BCUT2D eigenvalue weighted by Crippen LogP contribution is -2.20. The van der Waals surface area contributed by atoms with Gasteiger partial charge in [-0.25, -0.2) is 0 Å². The third-order valence-corrected chi connectivity index (χ3v) is 5.06. The number of hydrogen-bond donors (Lipinski definition) is 1. The van der Waals surface area contributed by atoms with Crippen LogP contribution in [0.2, 0.25) is 15.1 Å². The van der Waals surface area contributed by atoms with E-state index in [4.69, 9.17) is 39.5 Å². The quantitative estimate of drug-likeness (QED) is 0.310. The van der Waals surface area contributed by atoms with Crippen molar-refractivity contribution in [2.24, 2.45) is 0 Å². The van der Waals surface area contributed by atoms with Crippen LogP contribution in [0.15, 0.2) is 60.7 Å².